The highest BCUT2D eigenvalue weighted by atomic mass is 79.9. The van der Waals surface area contributed by atoms with Crippen LogP contribution < -0.4 is 4.74 Å². The van der Waals surface area contributed by atoms with Gasteiger partial charge in [-0.2, -0.15) is 5.10 Å². The number of nitrogens with zero attached hydrogens (tertiary/aromatic N) is 4. The van der Waals surface area contributed by atoms with Crippen LogP contribution in [0.1, 0.15) is 0 Å². The van der Waals surface area contributed by atoms with Crippen LogP contribution in [0.15, 0.2) is 29.4 Å². The highest BCUT2D eigenvalue weighted by Gasteiger charge is 2.05. The van der Waals surface area contributed by atoms with Gasteiger partial charge in [0.2, 0.25) is 0 Å². The lowest BCUT2D eigenvalue weighted by atomic mass is 10.6. The number of ether oxygens (including phenoxy) is 1. The Balaban J connectivity index is 2.44. The summed E-state index contributed by atoms with van der Waals surface area (Å²) < 4.78 is 7.41. The predicted octanol–water partition coefficient (Wildman–Crippen LogP) is 1.43. The second-order valence-corrected chi connectivity index (χ2v) is 3.37. The first-order valence-electron chi connectivity index (χ1n) is 3.86. The van der Waals surface area contributed by atoms with Gasteiger partial charge in [-0.15, -0.1) is 0 Å². The van der Waals surface area contributed by atoms with E-state index in [2.05, 4.69) is 31.0 Å². The van der Waals surface area contributed by atoms with Gasteiger partial charge in [-0.3, -0.25) is 0 Å². The van der Waals surface area contributed by atoms with Crippen molar-refractivity contribution < 1.29 is 4.74 Å². The zero-order chi connectivity index (χ0) is 9.97. The Bertz CT molecular complexity index is 442. The molecule has 0 saturated heterocycles. The molecule has 0 saturated carbocycles. The van der Waals surface area contributed by atoms with Gasteiger partial charge in [0, 0.05) is 6.20 Å². The molecule has 0 aromatic carbocycles. The fourth-order valence-electron chi connectivity index (χ4n) is 1.00. The molecule has 2 aromatic rings. The Morgan fingerprint density at radius 3 is 2.93 bits per heavy atom. The fourth-order valence-corrected chi connectivity index (χ4v) is 1.40. The lowest BCUT2D eigenvalue weighted by Gasteiger charge is -2.00. The van der Waals surface area contributed by atoms with E-state index in [-0.39, 0.29) is 0 Å². The first kappa shape index (κ1) is 9.14. The molecule has 0 amide bonds. The SMILES string of the molecule is COc1cnn(-c2ncncc2Br)c1. The molecule has 72 valence electrons. The molecule has 0 aliphatic heterocycles. The molecule has 0 unspecified atom stereocenters. The second-order valence-electron chi connectivity index (χ2n) is 2.52. The van der Waals surface area contributed by atoms with Gasteiger partial charge in [0.15, 0.2) is 11.6 Å². The molecule has 0 bridgehead atoms. The van der Waals surface area contributed by atoms with Crippen molar-refractivity contribution in [3.63, 3.8) is 0 Å². The lowest BCUT2D eigenvalue weighted by Crippen LogP contribution is -1.99. The first-order chi connectivity index (χ1) is 6.81. The Hall–Kier alpha value is -1.43. The van der Waals surface area contributed by atoms with E-state index in [9.17, 15) is 0 Å². The molecule has 0 radical (unpaired) electrons. The van der Waals surface area contributed by atoms with Crippen molar-refractivity contribution in [3.05, 3.63) is 29.4 Å². The standard InChI is InChI=1S/C8H7BrN4O/c1-14-6-2-12-13(4-6)8-7(9)3-10-5-11-8/h2-5H,1H3. The van der Waals surface area contributed by atoms with Crippen molar-refractivity contribution in [2.24, 2.45) is 0 Å². The zero-order valence-corrected chi connectivity index (χ0v) is 8.97. The summed E-state index contributed by atoms with van der Waals surface area (Å²) in [5.74, 6) is 1.37. The van der Waals surface area contributed by atoms with Gasteiger partial charge in [-0.1, -0.05) is 0 Å². The molecule has 0 aliphatic carbocycles. The lowest BCUT2D eigenvalue weighted by molar-refractivity contribution is 0.414. The van der Waals surface area contributed by atoms with E-state index in [0.717, 1.165) is 4.47 Å². The van der Waals surface area contributed by atoms with Crippen LogP contribution in [0, 0.1) is 0 Å². The highest BCUT2D eigenvalue weighted by molar-refractivity contribution is 9.10. The van der Waals surface area contributed by atoms with Crippen LogP contribution in [0.25, 0.3) is 5.82 Å². The van der Waals surface area contributed by atoms with Crippen molar-refractivity contribution in [1.29, 1.82) is 0 Å². The summed E-state index contributed by atoms with van der Waals surface area (Å²) in [6.07, 6.45) is 6.49. The van der Waals surface area contributed by atoms with E-state index < -0.39 is 0 Å². The molecule has 0 fully saturated rings. The topological polar surface area (TPSA) is 52.8 Å². The molecule has 14 heavy (non-hydrogen) atoms. The van der Waals surface area contributed by atoms with Crippen molar-refractivity contribution in [3.8, 4) is 11.6 Å². The van der Waals surface area contributed by atoms with Crippen LogP contribution >= 0.6 is 15.9 Å². The maximum Gasteiger partial charge on any atom is 0.170 e. The maximum atomic E-state index is 5.01. The van der Waals surface area contributed by atoms with E-state index in [1.54, 1.807) is 30.4 Å². The number of aromatic nitrogens is 4. The van der Waals surface area contributed by atoms with Crippen LogP contribution in [0.4, 0.5) is 0 Å². The fraction of sp³-hybridized carbons (Fsp3) is 0.125. The van der Waals surface area contributed by atoms with Crippen LogP contribution in [0.5, 0.6) is 5.75 Å². The van der Waals surface area contributed by atoms with E-state index in [1.807, 2.05) is 0 Å². The van der Waals surface area contributed by atoms with E-state index in [4.69, 9.17) is 4.74 Å². The summed E-state index contributed by atoms with van der Waals surface area (Å²) in [6, 6.07) is 0. The molecule has 0 aliphatic rings. The normalized spacial score (nSPS) is 10.1. The third kappa shape index (κ3) is 1.60. The van der Waals surface area contributed by atoms with Crippen LogP contribution in [-0.4, -0.2) is 26.9 Å². The van der Waals surface area contributed by atoms with Crippen molar-refractivity contribution in [2.75, 3.05) is 7.11 Å². The van der Waals surface area contributed by atoms with E-state index >= 15 is 0 Å². The van der Waals surface area contributed by atoms with Gasteiger partial charge < -0.3 is 4.74 Å². The molecular formula is C8H7BrN4O. The average Bonchev–Trinajstić information content (AvgIpc) is 2.67. The van der Waals surface area contributed by atoms with Crippen LogP contribution in [0.3, 0.4) is 0 Å². The summed E-state index contributed by atoms with van der Waals surface area (Å²) in [4.78, 5) is 7.95. The second kappa shape index (κ2) is 3.75. The minimum atomic E-state index is 0.684. The molecule has 5 nitrogen and oxygen atoms in total. The summed E-state index contributed by atoms with van der Waals surface area (Å²) >= 11 is 3.34. The Morgan fingerprint density at radius 2 is 2.29 bits per heavy atom. The summed E-state index contributed by atoms with van der Waals surface area (Å²) in [7, 11) is 1.59. The van der Waals surface area contributed by atoms with Gasteiger partial charge in [0.05, 0.1) is 24.0 Å². The minimum absolute atomic E-state index is 0.684. The highest BCUT2D eigenvalue weighted by Crippen LogP contribution is 2.18. The van der Waals surface area contributed by atoms with Gasteiger partial charge >= 0.3 is 0 Å². The van der Waals surface area contributed by atoms with Crippen LogP contribution in [0.2, 0.25) is 0 Å². The van der Waals surface area contributed by atoms with E-state index in [1.165, 1.54) is 6.33 Å². The zero-order valence-electron chi connectivity index (χ0n) is 7.38. The van der Waals surface area contributed by atoms with Gasteiger partial charge in [0.1, 0.15) is 6.33 Å². The van der Waals surface area contributed by atoms with Crippen LogP contribution in [-0.2, 0) is 0 Å². The molecule has 6 heteroatoms. The molecular weight excluding hydrogens is 248 g/mol. The largest absolute Gasteiger partial charge is 0.493 e. The number of halogens is 1. The number of hydrogen-bond donors (Lipinski definition) is 0. The maximum absolute atomic E-state index is 5.01. The first-order valence-corrected chi connectivity index (χ1v) is 4.65. The minimum Gasteiger partial charge on any atom is -0.493 e. The van der Waals surface area contributed by atoms with Gasteiger partial charge in [0.25, 0.3) is 0 Å². The predicted molar refractivity (Wildman–Crippen MR) is 53.4 cm³/mol. The van der Waals surface area contributed by atoms with Gasteiger partial charge in [-0.05, 0) is 15.9 Å². The smallest absolute Gasteiger partial charge is 0.170 e. The van der Waals surface area contributed by atoms with E-state index in [0.29, 0.717) is 11.6 Å². The number of methoxy groups -OCH3 is 1. The third-order valence-electron chi connectivity index (χ3n) is 1.66. The quantitative estimate of drug-likeness (QED) is 0.814. The summed E-state index contributed by atoms with van der Waals surface area (Å²) in [6.45, 7) is 0. The monoisotopic (exact) mass is 254 g/mol. The molecule has 2 aromatic heterocycles. The summed E-state index contributed by atoms with van der Waals surface area (Å²) in [5, 5.41) is 4.09. The molecule has 0 spiro atoms. The van der Waals surface area contributed by atoms with Crippen molar-refractivity contribution in [2.45, 2.75) is 0 Å². The number of rotatable bonds is 2. The summed E-state index contributed by atoms with van der Waals surface area (Å²) in [5.41, 5.74) is 0. The third-order valence-corrected chi connectivity index (χ3v) is 2.22. The molecule has 2 heterocycles. The number of hydrogen-bond acceptors (Lipinski definition) is 4. The Morgan fingerprint density at radius 1 is 1.43 bits per heavy atom. The molecule has 2 rings (SSSR count). The average molecular weight is 255 g/mol. The molecule has 0 N–H and O–H groups in total. The Labute approximate surface area is 88.9 Å². The van der Waals surface area contributed by atoms with Gasteiger partial charge in [-0.25, -0.2) is 14.6 Å². The van der Waals surface area contributed by atoms with Crippen molar-refractivity contribution >= 4 is 15.9 Å². The Kier molecular flexibility index (Phi) is 2.45. The van der Waals surface area contributed by atoms with Crippen molar-refractivity contribution in [1.82, 2.24) is 19.7 Å². The molecule has 0 atom stereocenters.